The number of hydrogen-bond acceptors (Lipinski definition) is 6. The minimum Gasteiger partial charge on any atom is -0.363 e. The molecule has 20 heavy (non-hydrogen) atoms. The number of aromatic nitrogens is 3. The molecule has 6 heteroatoms. The molecule has 0 saturated carbocycles. The van der Waals surface area contributed by atoms with Crippen molar-refractivity contribution in [3.63, 3.8) is 0 Å². The van der Waals surface area contributed by atoms with Crippen molar-refractivity contribution in [1.82, 2.24) is 15.0 Å². The van der Waals surface area contributed by atoms with Crippen LogP contribution in [-0.4, -0.2) is 15.0 Å². The zero-order valence-corrected chi connectivity index (χ0v) is 13.4. The highest BCUT2D eigenvalue weighted by Crippen LogP contribution is 2.29. The molecule has 0 saturated heterocycles. The van der Waals surface area contributed by atoms with Crippen LogP contribution in [0.25, 0.3) is 10.2 Å². The van der Waals surface area contributed by atoms with Gasteiger partial charge in [0.25, 0.3) is 0 Å². The Balaban J connectivity index is 1.88. The monoisotopic (exact) mass is 304 g/mol. The van der Waals surface area contributed by atoms with Crippen LogP contribution in [0.4, 0.5) is 5.82 Å². The average molecular weight is 304 g/mol. The molecular formula is C14H16N4S2. The van der Waals surface area contributed by atoms with Crippen molar-refractivity contribution in [1.29, 1.82) is 0 Å². The van der Waals surface area contributed by atoms with E-state index in [-0.39, 0.29) is 0 Å². The summed E-state index contributed by atoms with van der Waals surface area (Å²) >= 11 is 3.42. The van der Waals surface area contributed by atoms with Crippen LogP contribution in [-0.2, 0) is 13.0 Å². The maximum absolute atomic E-state index is 4.54. The third-order valence-corrected chi connectivity index (χ3v) is 5.22. The van der Waals surface area contributed by atoms with Crippen molar-refractivity contribution in [2.75, 3.05) is 5.32 Å². The highest BCUT2D eigenvalue weighted by Gasteiger charge is 2.10. The van der Waals surface area contributed by atoms with Crippen LogP contribution in [0.5, 0.6) is 0 Å². The van der Waals surface area contributed by atoms with E-state index in [1.807, 2.05) is 13.1 Å². The van der Waals surface area contributed by atoms with Crippen molar-refractivity contribution >= 4 is 38.7 Å². The van der Waals surface area contributed by atoms with Crippen LogP contribution >= 0.6 is 22.7 Å². The normalized spacial score (nSPS) is 11.2. The van der Waals surface area contributed by atoms with E-state index in [0.717, 1.165) is 33.3 Å². The summed E-state index contributed by atoms with van der Waals surface area (Å²) < 4.78 is 0. The van der Waals surface area contributed by atoms with E-state index in [0.29, 0.717) is 6.54 Å². The van der Waals surface area contributed by atoms with Gasteiger partial charge in [0.2, 0.25) is 0 Å². The Morgan fingerprint density at radius 1 is 1.25 bits per heavy atom. The Labute approximate surface area is 125 Å². The smallest absolute Gasteiger partial charge is 0.139 e. The molecule has 3 heterocycles. The zero-order chi connectivity index (χ0) is 14.1. The summed E-state index contributed by atoms with van der Waals surface area (Å²) in [5.41, 5.74) is 1.22. The van der Waals surface area contributed by atoms with Crippen molar-refractivity contribution in [3.8, 4) is 0 Å². The van der Waals surface area contributed by atoms with E-state index < -0.39 is 0 Å². The van der Waals surface area contributed by atoms with Crippen LogP contribution in [0.1, 0.15) is 28.2 Å². The lowest BCUT2D eigenvalue weighted by atomic mass is 10.2. The molecule has 3 aromatic rings. The standard InChI is InChI=1S/C14H16N4S2/c1-4-10-5-15-11(20-10)6-16-13-12-8(2)7-19-14(12)18-9(3)17-13/h5,7H,4,6H2,1-3H3,(H,16,17,18). The van der Waals surface area contributed by atoms with Gasteiger partial charge in [0.1, 0.15) is 21.5 Å². The van der Waals surface area contributed by atoms with Crippen molar-refractivity contribution < 1.29 is 0 Å². The first-order valence-electron chi connectivity index (χ1n) is 6.57. The van der Waals surface area contributed by atoms with Crippen molar-refractivity contribution in [2.24, 2.45) is 0 Å². The van der Waals surface area contributed by atoms with Gasteiger partial charge in [0, 0.05) is 11.1 Å². The first-order chi connectivity index (χ1) is 9.67. The summed E-state index contributed by atoms with van der Waals surface area (Å²) in [7, 11) is 0. The minimum absolute atomic E-state index is 0.714. The summed E-state index contributed by atoms with van der Waals surface area (Å²) in [5, 5.41) is 7.77. The molecule has 0 aliphatic heterocycles. The second kappa shape index (κ2) is 5.46. The molecule has 0 bridgehead atoms. The van der Waals surface area contributed by atoms with Crippen molar-refractivity contribution in [2.45, 2.75) is 33.7 Å². The summed E-state index contributed by atoms with van der Waals surface area (Å²) in [6.07, 6.45) is 3.00. The van der Waals surface area contributed by atoms with Gasteiger partial charge in [-0.1, -0.05) is 6.92 Å². The largest absolute Gasteiger partial charge is 0.363 e. The topological polar surface area (TPSA) is 50.7 Å². The molecule has 3 rings (SSSR count). The van der Waals surface area contributed by atoms with Crippen LogP contribution in [0.3, 0.4) is 0 Å². The van der Waals surface area contributed by atoms with Crippen molar-refractivity contribution in [3.05, 3.63) is 32.8 Å². The van der Waals surface area contributed by atoms with E-state index in [9.17, 15) is 0 Å². The number of rotatable bonds is 4. The third-order valence-electron chi connectivity index (χ3n) is 3.09. The lowest BCUT2D eigenvalue weighted by Crippen LogP contribution is -2.03. The van der Waals surface area contributed by atoms with Crippen LogP contribution in [0, 0.1) is 13.8 Å². The molecule has 1 N–H and O–H groups in total. The zero-order valence-electron chi connectivity index (χ0n) is 11.7. The molecule has 0 radical (unpaired) electrons. The quantitative estimate of drug-likeness (QED) is 0.793. The second-order valence-corrected chi connectivity index (χ2v) is 6.70. The molecule has 0 fully saturated rings. The maximum Gasteiger partial charge on any atom is 0.139 e. The number of aryl methyl sites for hydroxylation is 3. The summed E-state index contributed by atoms with van der Waals surface area (Å²) in [4.78, 5) is 15.8. The summed E-state index contributed by atoms with van der Waals surface area (Å²) in [6, 6.07) is 0. The molecule has 0 atom stereocenters. The SMILES string of the molecule is CCc1cnc(CNc2nc(C)nc3scc(C)c23)s1. The van der Waals surface area contributed by atoms with Gasteiger partial charge >= 0.3 is 0 Å². The number of hydrogen-bond donors (Lipinski definition) is 1. The van der Waals surface area contributed by atoms with E-state index in [4.69, 9.17) is 0 Å². The van der Waals surface area contributed by atoms with Crippen LogP contribution < -0.4 is 5.32 Å². The van der Waals surface area contributed by atoms with Crippen LogP contribution in [0.15, 0.2) is 11.6 Å². The highest BCUT2D eigenvalue weighted by molar-refractivity contribution is 7.17. The Hall–Kier alpha value is -1.53. The number of nitrogens with zero attached hydrogens (tertiary/aromatic N) is 3. The van der Waals surface area contributed by atoms with Crippen LogP contribution in [0.2, 0.25) is 0 Å². The number of nitrogens with one attached hydrogen (secondary N) is 1. The minimum atomic E-state index is 0.714. The molecule has 0 aromatic carbocycles. The molecular weight excluding hydrogens is 288 g/mol. The molecule has 0 aliphatic rings. The molecule has 0 aliphatic carbocycles. The average Bonchev–Trinajstić information content (AvgIpc) is 3.03. The first kappa shape index (κ1) is 13.5. The predicted molar refractivity (Wildman–Crippen MR) is 85.7 cm³/mol. The Bertz CT molecular complexity index is 745. The van der Waals surface area contributed by atoms with Gasteiger partial charge in [-0.3, -0.25) is 0 Å². The number of fused-ring (bicyclic) bond motifs is 1. The maximum atomic E-state index is 4.54. The molecule has 3 aromatic heterocycles. The predicted octanol–water partition coefficient (Wildman–Crippen LogP) is 3.94. The van der Waals surface area contributed by atoms with Gasteiger partial charge in [0.15, 0.2) is 0 Å². The van der Waals surface area contributed by atoms with Gasteiger partial charge in [0.05, 0.1) is 11.9 Å². The molecule has 4 nitrogen and oxygen atoms in total. The van der Waals surface area contributed by atoms with E-state index in [1.165, 1.54) is 10.4 Å². The second-order valence-electron chi connectivity index (χ2n) is 4.65. The fourth-order valence-electron chi connectivity index (χ4n) is 2.07. The van der Waals surface area contributed by atoms with Gasteiger partial charge in [-0.15, -0.1) is 22.7 Å². The van der Waals surface area contributed by atoms with E-state index >= 15 is 0 Å². The van der Waals surface area contributed by atoms with Gasteiger partial charge in [-0.2, -0.15) is 0 Å². The van der Waals surface area contributed by atoms with E-state index in [1.54, 1.807) is 22.7 Å². The number of thiazole rings is 1. The summed E-state index contributed by atoms with van der Waals surface area (Å²) in [5.74, 6) is 1.72. The Morgan fingerprint density at radius 2 is 2.10 bits per heavy atom. The summed E-state index contributed by atoms with van der Waals surface area (Å²) in [6.45, 7) is 6.89. The van der Waals surface area contributed by atoms with Gasteiger partial charge in [-0.05, 0) is 31.2 Å². The molecule has 0 unspecified atom stereocenters. The molecule has 0 spiro atoms. The Morgan fingerprint density at radius 3 is 2.85 bits per heavy atom. The highest BCUT2D eigenvalue weighted by atomic mass is 32.1. The number of anilines is 1. The fraction of sp³-hybridized carbons (Fsp3) is 0.357. The van der Waals surface area contributed by atoms with Gasteiger partial charge < -0.3 is 5.32 Å². The lowest BCUT2D eigenvalue weighted by molar-refractivity contribution is 1.04. The molecule has 0 amide bonds. The third kappa shape index (κ3) is 2.53. The Kier molecular flexibility index (Phi) is 3.67. The van der Waals surface area contributed by atoms with E-state index in [2.05, 4.69) is 39.5 Å². The first-order valence-corrected chi connectivity index (χ1v) is 8.27. The van der Waals surface area contributed by atoms with Gasteiger partial charge in [-0.25, -0.2) is 15.0 Å². The fourth-order valence-corrected chi connectivity index (χ4v) is 3.84. The number of thiophene rings is 1. The molecule has 104 valence electrons. The lowest BCUT2D eigenvalue weighted by Gasteiger charge is -2.06.